The fraction of sp³-hybridized carbons (Fsp3) is 0.538. The number of rotatable bonds is 7. The van der Waals surface area contributed by atoms with Gasteiger partial charge in [-0.2, -0.15) is 0 Å². The van der Waals surface area contributed by atoms with Crippen LogP contribution in [0.5, 0.6) is 0 Å². The predicted octanol–water partition coefficient (Wildman–Crippen LogP) is 3.09. The van der Waals surface area contributed by atoms with Crippen LogP contribution in [-0.4, -0.2) is 19.8 Å². The van der Waals surface area contributed by atoms with Crippen LogP contribution in [0.1, 0.15) is 25.8 Å². The lowest BCUT2D eigenvalue weighted by atomic mass is 10.1. The molecule has 0 aliphatic rings. The van der Waals surface area contributed by atoms with E-state index in [-0.39, 0.29) is 0 Å². The number of hydrogen-bond acceptors (Lipinski definition) is 2. The van der Waals surface area contributed by atoms with Gasteiger partial charge < -0.3 is 10.1 Å². The van der Waals surface area contributed by atoms with Gasteiger partial charge in [0, 0.05) is 18.8 Å². The van der Waals surface area contributed by atoms with E-state index < -0.39 is 0 Å². The highest BCUT2D eigenvalue weighted by Gasteiger charge is 1.98. The van der Waals surface area contributed by atoms with Crippen molar-refractivity contribution in [3.05, 3.63) is 29.8 Å². The molecule has 0 bridgehead atoms. The minimum absolute atomic E-state index is 0.775. The summed E-state index contributed by atoms with van der Waals surface area (Å²) in [5.74, 6) is 0. The summed E-state index contributed by atoms with van der Waals surface area (Å²) in [6.45, 7) is 6.67. The fourth-order valence-corrected chi connectivity index (χ4v) is 1.58. The van der Waals surface area contributed by atoms with E-state index in [1.165, 1.54) is 17.7 Å². The van der Waals surface area contributed by atoms with Crippen LogP contribution in [0.25, 0.3) is 0 Å². The summed E-state index contributed by atoms with van der Waals surface area (Å²) in [7, 11) is 0. The van der Waals surface area contributed by atoms with Gasteiger partial charge in [-0.1, -0.05) is 31.5 Å². The summed E-state index contributed by atoms with van der Waals surface area (Å²) in [4.78, 5) is 0. The van der Waals surface area contributed by atoms with Gasteiger partial charge in [-0.25, -0.2) is 0 Å². The van der Waals surface area contributed by atoms with Crippen molar-refractivity contribution in [3.8, 4) is 0 Å². The minimum Gasteiger partial charge on any atom is -0.383 e. The molecule has 1 aromatic rings. The van der Waals surface area contributed by atoms with Crippen LogP contribution in [0, 0.1) is 0 Å². The van der Waals surface area contributed by atoms with Crippen LogP contribution in [0.15, 0.2) is 24.3 Å². The van der Waals surface area contributed by atoms with Gasteiger partial charge in [-0.15, -0.1) is 0 Å². The molecule has 0 unspecified atom stereocenters. The summed E-state index contributed by atoms with van der Waals surface area (Å²) in [6.07, 6.45) is 2.32. The van der Waals surface area contributed by atoms with Gasteiger partial charge in [0.05, 0.1) is 6.61 Å². The normalized spacial score (nSPS) is 10.3. The highest BCUT2D eigenvalue weighted by Crippen LogP contribution is 2.16. The number of benzene rings is 1. The van der Waals surface area contributed by atoms with Crippen LogP contribution in [-0.2, 0) is 11.2 Å². The first-order chi connectivity index (χ1) is 7.38. The van der Waals surface area contributed by atoms with Crippen molar-refractivity contribution in [2.24, 2.45) is 0 Å². The SMILES string of the molecule is CCCc1ccccc1NCCOCC. The number of ether oxygens (including phenoxy) is 1. The molecule has 0 aromatic heterocycles. The molecule has 1 N–H and O–H groups in total. The van der Waals surface area contributed by atoms with E-state index in [1.807, 2.05) is 6.92 Å². The zero-order chi connectivity index (χ0) is 10.9. The topological polar surface area (TPSA) is 21.3 Å². The molecular formula is C13H21NO. The molecule has 1 aromatic carbocycles. The maximum atomic E-state index is 5.29. The van der Waals surface area contributed by atoms with Crippen LogP contribution >= 0.6 is 0 Å². The van der Waals surface area contributed by atoms with Crippen molar-refractivity contribution in [1.82, 2.24) is 0 Å². The van der Waals surface area contributed by atoms with Gasteiger partial charge in [0.15, 0.2) is 0 Å². The third kappa shape index (κ3) is 4.34. The minimum atomic E-state index is 0.775. The van der Waals surface area contributed by atoms with Crippen molar-refractivity contribution in [1.29, 1.82) is 0 Å². The third-order valence-electron chi connectivity index (χ3n) is 2.30. The quantitative estimate of drug-likeness (QED) is 0.694. The lowest BCUT2D eigenvalue weighted by molar-refractivity contribution is 0.158. The van der Waals surface area contributed by atoms with E-state index in [1.54, 1.807) is 0 Å². The third-order valence-corrected chi connectivity index (χ3v) is 2.30. The van der Waals surface area contributed by atoms with Crippen molar-refractivity contribution in [3.63, 3.8) is 0 Å². The van der Waals surface area contributed by atoms with Gasteiger partial charge in [0.25, 0.3) is 0 Å². The number of nitrogens with one attached hydrogen (secondary N) is 1. The Hall–Kier alpha value is -1.02. The molecule has 1 rings (SSSR count). The molecule has 0 aliphatic heterocycles. The Morgan fingerprint density at radius 2 is 2.00 bits per heavy atom. The fourth-order valence-electron chi connectivity index (χ4n) is 1.58. The molecule has 0 amide bonds. The van der Waals surface area contributed by atoms with Gasteiger partial charge >= 0.3 is 0 Å². The Morgan fingerprint density at radius 1 is 1.20 bits per heavy atom. The average molecular weight is 207 g/mol. The maximum absolute atomic E-state index is 5.29. The molecular weight excluding hydrogens is 186 g/mol. The highest BCUT2D eigenvalue weighted by molar-refractivity contribution is 5.51. The molecule has 84 valence electrons. The van der Waals surface area contributed by atoms with Crippen LogP contribution in [0.2, 0.25) is 0 Å². The van der Waals surface area contributed by atoms with Crippen LogP contribution < -0.4 is 5.32 Å². The van der Waals surface area contributed by atoms with Crippen molar-refractivity contribution >= 4 is 5.69 Å². The zero-order valence-corrected chi connectivity index (χ0v) is 9.75. The number of aryl methyl sites for hydroxylation is 1. The smallest absolute Gasteiger partial charge is 0.0638 e. The maximum Gasteiger partial charge on any atom is 0.0638 e. The van der Waals surface area contributed by atoms with Gasteiger partial charge in [0.2, 0.25) is 0 Å². The largest absolute Gasteiger partial charge is 0.383 e. The molecule has 0 aliphatic carbocycles. The van der Waals surface area contributed by atoms with E-state index in [4.69, 9.17) is 4.74 Å². The Bertz CT molecular complexity index is 273. The molecule has 0 spiro atoms. The first-order valence-electron chi connectivity index (χ1n) is 5.78. The standard InChI is InChI=1S/C13H21NO/c1-3-7-12-8-5-6-9-13(12)14-10-11-15-4-2/h5-6,8-9,14H,3-4,7,10-11H2,1-2H3. The predicted molar refractivity (Wildman–Crippen MR) is 65.4 cm³/mol. The van der Waals surface area contributed by atoms with Crippen LogP contribution in [0.3, 0.4) is 0 Å². The molecule has 0 saturated carbocycles. The van der Waals surface area contributed by atoms with E-state index in [9.17, 15) is 0 Å². The molecule has 15 heavy (non-hydrogen) atoms. The first-order valence-corrected chi connectivity index (χ1v) is 5.78. The van der Waals surface area contributed by atoms with Gasteiger partial charge in [0.1, 0.15) is 0 Å². The molecule has 0 radical (unpaired) electrons. The molecule has 2 heteroatoms. The molecule has 2 nitrogen and oxygen atoms in total. The number of anilines is 1. The Morgan fingerprint density at radius 3 is 2.73 bits per heavy atom. The Labute approximate surface area is 92.6 Å². The second kappa shape index (κ2) is 7.30. The molecule has 0 fully saturated rings. The summed E-state index contributed by atoms with van der Waals surface area (Å²) in [5.41, 5.74) is 2.65. The summed E-state index contributed by atoms with van der Waals surface area (Å²) in [5, 5.41) is 3.41. The Kier molecular flexibility index (Phi) is 5.86. The summed E-state index contributed by atoms with van der Waals surface area (Å²) < 4.78 is 5.29. The number of para-hydroxylation sites is 1. The van der Waals surface area contributed by atoms with Gasteiger partial charge in [-0.3, -0.25) is 0 Å². The summed E-state index contributed by atoms with van der Waals surface area (Å²) >= 11 is 0. The lowest BCUT2D eigenvalue weighted by Gasteiger charge is -2.11. The lowest BCUT2D eigenvalue weighted by Crippen LogP contribution is -2.10. The van der Waals surface area contributed by atoms with E-state index in [2.05, 4.69) is 36.5 Å². The van der Waals surface area contributed by atoms with E-state index in [0.717, 1.165) is 26.2 Å². The van der Waals surface area contributed by atoms with Crippen molar-refractivity contribution in [2.45, 2.75) is 26.7 Å². The van der Waals surface area contributed by atoms with E-state index >= 15 is 0 Å². The summed E-state index contributed by atoms with van der Waals surface area (Å²) in [6, 6.07) is 8.49. The van der Waals surface area contributed by atoms with E-state index in [0.29, 0.717) is 0 Å². The molecule has 0 atom stereocenters. The molecule has 0 saturated heterocycles. The van der Waals surface area contributed by atoms with Gasteiger partial charge in [-0.05, 0) is 25.0 Å². The molecule has 0 heterocycles. The second-order valence-corrected chi connectivity index (χ2v) is 3.53. The number of hydrogen-bond donors (Lipinski definition) is 1. The first kappa shape index (κ1) is 12.1. The van der Waals surface area contributed by atoms with Crippen LogP contribution in [0.4, 0.5) is 5.69 Å². The second-order valence-electron chi connectivity index (χ2n) is 3.53. The Balaban J connectivity index is 2.44. The average Bonchev–Trinajstić information content (AvgIpc) is 2.27. The van der Waals surface area contributed by atoms with Crippen molar-refractivity contribution in [2.75, 3.05) is 25.1 Å². The highest BCUT2D eigenvalue weighted by atomic mass is 16.5. The monoisotopic (exact) mass is 207 g/mol. The zero-order valence-electron chi connectivity index (χ0n) is 9.75. The van der Waals surface area contributed by atoms with Crippen molar-refractivity contribution < 1.29 is 4.74 Å².